The number of aliphatic hydroxyl groups is 2. The average Bonchev–Trinajstić information content (AvgIpc) is 3.04. The Bertz CT molecular complexity index is 686. The number of carbonyl (C=O) groups excluding carboxylic acids is 1. The van der Waals surface area contributed by atoms with E-state index in [-0.39, 0.29) is 12.5 Å². The van der Waals surface area contributed by atoms with Crippen molar-refractivity contribution in [3.05, 3.63) is 36.5 Å². The van der Waals surface area contributed by atoms with E-state index in [1.165, 1.54) is 135 Å². The molecule has 0 radical (unpaired) electrons. The number of aliphatic hydroxyl groups excluding tert-OH is 2. The zero-order chi connectivity index (χ0) is 32.9. The molecule has 0 aromatic heterocycles. The van der Waals surface area contributed by atoms with Crippen molar-refractivity contribution in [3.8, 4) is 0 Å². The predicted molar refractivity (Wildman–Crippen MR) is 198 cm³/mol. The zero-order valence-corrected chi connectivity index (χ0v) is 30.1. The summed E-state index contributed by atoms with van der Waals surface area (Å²) < 4.78 is 0. The highest BCUT2D eigenvalue weighted by atomic mass is 16.3. The first kappa shape index (κ1) is 43.6. The van der Waals surface area contributed by atoms with Gasteiger partial charge >= 0.3 is 0 Å². The lowest BCUT2D eigenvalue weighted by atomic mass is 10.0. The van der Waals surface area contributed by atoms with Gasteiger partial charge in [-0.15, -0.1) is 0 Å². The Hall–Kier alpha value is -1.39. The van der Waals surface area contributed by atoms with E-state index in [0.717, 1.165) is 44.9 Å². The maximum Gasteiger partial charge on any atom is 0.220 e. The molecule has 0 fully saturated rings. The lowest BCUT2D eigenvalue weighted by Gasteiger charge is -2.19. The fourth-order valence-corrected chi connectivity index (χ4v) is 5.78. The molecule has 45 heavy (non-hydrogen) atoms. The van der Waals surface area contributed by atoms with Crippen molar-refractivity contribution in [1.29, 1.82) is 0 Å². The SMILES string of the molecule is CCCCCC/C=C\CCCCCCCC(=O)NC(CO)C(O)/C=C/CC/C=C/CCCCCCCCCCCCCCCC. The fourth-order valence-electron chi connectivity index (χ4n) is 5.78. The Balaban J connectivity index is 3.65. The van der Waals surface area contributed by atoms with Gasteiger partial charge in [0.2, 0.25) is 5.91 Å². The number of hydrogen-bond acceptors (Lipinski definition) is 3. The van der Waals surface area contributed by atoms with E-state index in [1.807, 2.05) is 6.08 Å². The smallest absolute Gasteiger partial charge is 0.220 e. The van der Waals surface area contributed by atoms with Crippen LogP contribution in [-0.4, -0.2) is 34.9 Å². The third-order valence-corrected chi connectivity index (χ3v) is 8.85. The minimum Gasteiger partial charge on any atom is -0.394 e. The molecule has 4 heteroatoms. The van der Waals surface area contributed by atoms with Gasteiger partial charge in [0.1, 0.15) is 0 Å². The van der Waals surface area contributed by atoms with Crippen molar-refractivity contribution in [1.82, 2.24) is 5.32 Å². The first-order chi connectivity index (χ1) is 22.2. The third kappa shape index (κ3) is 33.8. The summed E-state index contributed by atoms with van der Waals surface area (Å²) in [6.45, 7) is 4.27. The lowest BCUT2D eigenvalue weighted by molar-refractivity contribution is -0.123. The molecule has 264 valence electrons. The van der Waals surface area contributed by atoms with E-state index in [4.69, 9.17) is 0 Å². The predicted octanol–water partition coefficient (Wildman–Crippen LogP) is 11.8. The maximum atomic E-state index is 12.3. The molecule has 0 saturated carbocycles. The molecule has 0 spiro atoms. The van der Waals surface area contributed by atoms with Crippen molar-refractivity contribution >= 4 is 5.91 Å². The van der Waals surface area contributed by atoms with Crippen molar-refractivity contribution in [2.75, 3.05) is 6.61 Å². The maximum absolute atomic E-state index is 12.3. The van der Waals surface area contributed by atoms with Gasteiger partial charge in [0, 0.05) is 6.42 Å². The number of amides is 1. The molecule has 0 aromatic carbocycles. The summed E-state index contributed by atoms with van der Waals surface area (Å²) in [6, 6.07) is -0.640. The van der Waals surface area contributed by atoms with Gasteiger partial charge in [-0.1, -0.05) is 172 Å². The van der Waals surface area contributed by atoms with E-state index in [0.29, 0.717) is 6.42 Å². The van der Waals surface area contributed by atoms with Crippen LogP contribution in [0.25, 0.3) is 0 Å². The number of hydrogen-bond donors (Lipinski definition) is 3. The minimum atomic E-state index is -0.863. The lowest BCUT2D eigenvalue weighted by Crippen LogP contribution is -2.45. The van der Waals surface area contributed by atoms with Crippen LogP contribution in [0.3, 0.4) is 0 Å². The van der Waals surface area contributed by atoms with Crippen LogP contribution in [-0.2, 0) is 4.79 Å². The number of rotatable bonds is 35. The van der Waals surface area contributed by atoms with E-state index in [1.54, 1.807) is 6.08 Å². The van der Waals surface area contributed by atoms with Crippen LogP contribution in [0.5, 0.6) is 0 Å². The molecule has 2 atom stereocenters. The highest BCUT2D eigenvalue weighted by Crippen LogP contribution is 2.14. The van der Waals surface area contributed by atoms with Gasteiger partial charge < -0.3 is 15.5 Å². The van der Waals surface area contributed by atoms with Crippen LogP contribution in [0, 0.1) is 0 Å². The fraction of sp³-hybridized carbons (Fsp3) is 0.829. The quantitative estimate of drug-likeness (QED) is 0.0481. The highest BCUT2D eigenvalue weighted by Gasteiger charge is 2.17. The largest absolute Gasteiger partial charge is 0.394 e. The van der Waals surface area contributed by atoms with Crippen LogP contribution in [0.1, 0.15) is 200 Å². The van der Waals surface area contributed by atoms with Gasteiger partial charge in [0.25, 0.3) is 0 Å². The van der Waals surface area contributed by atoms with Crippen LogP contribution in [0.2, 0.25) is 0 Å². The van der Waals surface area contributed by atoms with Gasteiger partial charge in [-0.05, 0) is 57.8 Å². The Labute approximate surface area is 281 Å². The van der Waals surface area contributed by atoms with Gasteiger partial charge in [0.15, 0.2) is 0 Å². The average molecular weight is 632 g/mol. The number of allylic oxidation sites excluding steroid dienone is 5. The second-order valence-electron chi connectivity index (χ2n) is 13.3. The molecule has 0 aliphatic heterocycles. The summed E-state index contributed by atoms with van der Waals surface area (Å²) in [5, 5.41) is 22.9. The van der Waals surface area contributed by atoms with Gasteiger partial charge in [0.05, 0.1) is 18.8 Å². The van der Waals surface area contributed by atoms with Gasteiger partial charge in [-0.25, -0.2) is 0 Å². The third-order valence-electron chi connectivity index (χ3n) is 8.85. The molecule has 0 aromatic rings. The summed E-state index contributed by atoms with van der Waals surface area (Å²) in [7, 11) is 0. The molecule has 0 aliphatic carbocycles. The van der Waals surface area contributed by atoms with Crippen LogP contribution in [0.15, 0.2) is 36.5 Å². The molecule has 0 aliphatic rings. The summed E-state index contributed by atoms with van der Waals surface area (Å²) in [5.74, 6) is -0.0843. The normalized spacial score (nSPS) is 13.4. The second kappa shape index (κ2) is 37.1. The molecular formula is C41H77NO3. The standard InChI is InChI=1S/C41H77NO3/c1-3-5-7-9-11-13-15-17-18-19-20-21-22-23-25-26-28-30-32-34-36-40(44)39(38-43)42-41(45)37-35-33-31-29-27-24-16-14-12-10-8-6-4-2/h14,16,26,28,34,36,39-40,43-44H,3-13,15,17-25,27,29-33,35,37-38H2,1-2H3,(H,42,45)/b16-14-,28-26+,36-34+. The van der Waals surface area contributed by atoms with Crippen molar-refractivity contribution in [2.24, 2.45) is 0 Å². The number of unbranched alkanes of at least 4 members (excludes halogenated alkanes) is 24. The first-order valence-electron chi connectivity index (χ1n) is 19.7. The minimum absolute atomic E-state index is 0.0843. The molecule has 0 rings (SSSR count). The van der Waals surface area contributed by atoms with Crippen molar-refractivity contribution in [2.45, 2.75) is 212 Å². The van der Waals surface area contributed by atoms with E-state index in [2.05, 4.69) is 43.5 Å². The molecule has 1 amide bonds. The van der Waals surface area contributed by atoms with E-state index in [9.17, 15) is 15.0 Å². The Morgan fingerprint density at radius 3 is 1.31 bits per heavy atom. The molecular weight excluding hydrogens is 554 g/mol. The van der Waals surface area contributed by atoms with Crippen molar-refractivity contribution < 1.29 is 15.0 Å². The van der Waals surface area contributed by atoms with Crippen molar-refractivity contribution in [3.63, 3.8) is 0 Å². The van der Waals surface area contributed by atoms with Gasteiger partial charge in [-0.2, -0.15) is 0 Å². The number of nitrogens with one attached hydrogen (secondary N) is 1. The summed E-state index contributed by atoms with van der Waals surface area (Å²) >= 11 is 0. The molecule has 3 N–H and O–H groups in total. The molecule has 0 bridgehead atoms. The summed E-state index contributed by atoms with van der Waals surface area (Å²) in [6.07, 6.45) is 48.1. The van der Waals surface area contributed by atoms with Crippen LogP contribution < -0.4 is 5.32 Å². The second-order valence-corrected chi connectivity index (χ2v) is 13.3. The van der Waals surface area contributed by atoms with Crippen LogP contribution in [0.4, 0.5) is 0 Å². The van der Waals surface area contributed by atoms with E-state index < -0.39 is 12.1 Å². The highest BCUT2D eigenvalue weighted by molar-refractivity contribution is 5.76. The summed E-state index contributed by atoms with van der Waals surface area (Å²) in [5.41, 5.74) is 0. The number of carbonyl (C=O) groups is 1. The van der Waals surface area contributed by atoms with Gasteiger partial charge in [-0.3, -0.25) is 4.79 Å². The Morgan fingerprint density at radius 2 is 0.867 bits per heavy atom. The topological polar surface area (TPSA) is 69.6 Å². The molecule has 0 saturated heterocycles. The Kier molecular flexibility index (Phi) is 35.9. The molecule has 4 nitrogen and oxygen atoms in total. The Morgan fingerprint density at radius 1 is 0.511 bits per heavy atom. The van der Waals surface area contributed by atoms with Crippen LogP contribution >= 0.6 is 0 Å². The molecule has 2 unspecified atom stereocenters. The monoisotopic (exact) mass is 632 g/mol. The first-order valence-corrected chi connectivity index (χ1v) is 19.7. The molecule has 0 heterocycles. The zero-order valence-electron chi connectivity index (χ0n) is 30.1. The van der Waals surface area contributed by atoms with E-state index >= 15 is 0 Å². The summed E-state index contributed by atoms with van der Waals surface area (Å²) in [4.78, 5) is 12.3.